The van der Waals surface area contributed by atoms with Gasteiger partial charge in [-0.15, -0.1) is 0 Å². The van der Waals surface area contributed by atoms with Crippen molar-refractivity contribution >= 4 is 27.3 Å². The van der Waals surface area contributed by atoms with Gasteiger partial charge in [0.15, 0.2) is 0 Å². The first-order valence-corrected chi connectivity index (χ1v) is 10.6. The van der Waals surface area contributed by atoms with E-state index in [0.29, 0.717) is 12.2 Å². The predicted octanol–water partition coefficient (Wildman–Crippen LogP) is 4.08. The van der Waals surface area contributed by atoms with E-state index in [9.17, 15) is 13.2 Å². The number of anilines is 2. The number of aryl methyl sites for hydroxylation is 1. The van der Waals surface area contributed by atoms with Crippen molar-refractivity contribution in [3.05, 3.63) is 53.6 Å². The van der Waals surface area contributed by atoms with Crippen LogP contribution in [0.1, 0.15) is 45.2 Å². The lowest BCUT2D eigenvalue weighted by molar-refractivity contribution is -0.116. The van der Waals surface area contributed by atoms with E-state index in [0.717, 1.165) is 29.7 Å². The highest BCUT2D eigenvalue weighted by atomic mass is 32.2. The van der Waals surface area contributed by atoms with Crippen LogP contribution < -0.4 is 9.62 Å². The fourth-order valence-electron chi connectivity index (χ4n) is 3.32. The van der Waals surface area contributed by atoms with E-state index in [1.54, 1.807) is 35.2 Å². The van der Waals surface area contributed by atoms with E-state index in [1.165, 1.54) is 6.92 Å². The van der Waals surface area contributed by atoms with Gasteiger partial charge in [0.2, 0.25) is 5.91 Å². The van der Waals surface area contributed by atoms with E-state index in [4.69, 9.17) is 0 Å². The monoisotopic (exact) mass is 386 g/mol. The summed E-state index contributed by atoms with van der Waals surface area (Å²) in [6, 6.07) is 12.4. The van der Waals surface area contributed by atoms with Crippen LogP contribution >= 0.6 is 0 Å². The standard InChI is InChI=1S/C21H26N2O3S/c1-15(24)23-13-5-6-16-14-19(11-12-20(16)23)27(25,26)22-18-9-7-17(8-10-18)21(2,3)4/h7-12,14,22H,5-6,13H2,1-4H3. The zero-order chi connectivity index (χ0) is 19.8. The number of amides is 1. The first-order chi connectivity index (χ1) is 12.6. The molecule has 0 unspecified atom stereocenters. The van der Waals surface area contributed by atoms with Crippen molar-refractivity contribution in [2.45, 2.75) is 50.8 Å². The third-order valence-corrected chi connectivity index (χ3v) is 6.24. The summed E-state index contributed by atoms with van der Waals surface area (Å²) < 4.78 is 28.2. The first kappa shape index (κ1) is 19.4. The zero-order valence-electron chi connectivity index (χ0n) is 16.2. The summed E-state index contributed by atoms with van der Waals surface area (Å²) >= 11 is 0. The van der Waals surface area contributed by atoms with Gasteiger partial charge in [0.1, 0.15) is 0 Å². The molecular formula is C21H26N2O3S. The maximum absolute atomic E-state index is 12.8. The Labute approximate surface area is 161 Å². The van der Waals surface area contributed by atoms with Crippen LogP contribution in [-0.4, -0.2) is 20.9 Å². The third kappa shape index (κ3) is 4.16. The number of rotatable bonds is 3. The molecule has 0 aromatic heterocycles. The molecule has 144 valence electrons. The average molecular weight is 387 g/mol. The number of carbonyl (C=O) groups is 1. The molecule has 0 spiro atoms. The van der Waals surface area contributed by atoms with Crippen molar-refractivity contribution in [1.29, 1.82) is 0 Å². The highest BCUT2D eigenvalue weighted by Gasteiger charge is 2.23. The lowest BCUT2D eigenvalue weighted by atomic mass is 9.87. The van der Waals surface area contributed by atoms with Crippen LogP contribution in [0.2, 0.25) is 0 Å². The molecule has 0 saturated carbocycles. The minimum atomic E-state index is -3.69. The number of fused-ring (bicyclic) bond motifs is 1. The second-order valence-corrected chi connectivity index (χ2v) is 9.68. The lowest BCUT2D eigenvalue weighted by Crippen LogP contribution is -2.33. The second-order valence-electron chi connectivity index (χ2n) is 8.00. The van der Waals surface area contributed by atoms with Gasteiger partial charge in [0.25, 0.3) is 10.0 Å². The molecule has 0 saturated heterocycles. The SMILES string of the molecule is CC(=O)N1CCCc2cc(S(=O)(=O)Nc3ccc(C(C)(C)C)cc3)ccc21. The zero-order valence-corrected chi connectivity index (χ0v) is 17.1. The van der Waals surface area contributed by atoms with Gasteiger partial charge in [-0.05, 0) is 59.7 Å². The van der Waals surface area contributed by atoms with E-state index < -0.39 is 10.0 Å². The smallest absolute Gasteiger partial charge is 0.261 e. The molecule has 1 aliphatic heterocycles. The highest BCUT2D eigenvalue weighted by Crippen LogP contribution is 2.30. The Bertz CT molecular complexity index is 958. The van der Waals surface area contributed by atoms with E-state index in [1.807, 2.05) is 12.1 Å². The molecule has 3 rings (SSSR count). The quantitative estimate of drug-likeness (QED) is 0.864. The summed E-state index contributed by atoms with van der Waals surface area (Å²) in [6.07, 6.45) is 1.60. The molecule has 2 aromatic carbocycles. The molecule has 0 aliphatic carbocycles. The Balaban J connectivity index is 1.86. The molecular weight excluding hydrogens is 360 g/mol. The van der Waals surface area contributed by atoms with Gasteiger partial charge in [-0.2, -0.15) is 0 Å². The van der Waals surface area contributed by atoms with Crippen molar-refractivity contribution in [3.63, 3.8) is 0 Å². The molecule has 1 amide bonds. The number of nitrogens with zero attached hydrogens (tertiary/aromatic N) is 1. The molecule has 0 atom stereocenters. The minimum absolute atomic E-state index is 0.0124. The Kier molecular flexibility index (Phi) is 5.04. The van der Waals surface area contributed by atoms with Crippen molar-refractivity contribution in [3.8, 4) is 0 Å². The molecule has 0 radical (unpaired) electrons. The van der Waals surface area contributed by atoms with Gasteiger partial charge in [-0.3, -0.25) is 9.52 Å². The van der Waals surface area contributed by atoms with Crippen LogP contribution in [0.25, 0.3) is 0 Å². The number of hydrogen-bond donors (Lipinski definition) is 1. The van der Waals surface area contributed by atoms with Crippen LogP contribution in [-0.2, 0) is 26.7 Å². The number of sulfonamides is 1. The molecule has 6 heteroatoms. The minimum Gasteiger partial charge on any atom is -0.312 e. The Hall–Kier alpha value is -2.34. The third-order valence-electron chi connectivity index (χ3n) is 4.86. The van der Waals surface area contributed by atoms with Crippen LogP contribution in [0.4, 0.5) is 11.4 Å². The molecule has 1 aliphatic rings. The Morgan fingerprint density at radius 3 is 2.33 bits per heavy atom. The number of nitrogens with one attached hydrogen (secondary N) is 1. The topological polar surface area (TPSA) is 66.5 Å². The normalized spacial score (nSPS) is 14.6. The van der Waals surface area contributed by atoms with Gasteiger partial charge in [0.05, 0.1) is 4.90 Å². The van der Waals surface area contributed by atoms with E-state index in [2.05, 4.69) is 25.5 Å². The van der Waals surface area contributed by atoms with Crippen molar-refractivity contribution in [1.82, 2.24) is 0 Å². The van der Waals surface area contributed by atoms with Gasteiger partial charge in [-0.25, -0.2) is 8.42 Å². The van der Waals surface area contributed by atoms with Crippen LogP contribution in [0, 0.1) is 0 Å². The summed E-state index contributed by atoms with van der Waals surface area (Å²) in [4.78, 5) is 13.7. The molecule has 0 fully saturated rings. The summed E-state index contributed by atoms with van der Waals surface area (Å²) in [7, 11) is -3.69. The number of benzene rings is 2. The number of carbonyl (C=O) groups excluding carboxylic acids is 1. The fraction of sp³-hybridized carbons (Fsp3) is 0.381. The number of hydrogen-bond acceptors (Lipinski definition) is 3. The highest BCUT2D eigenvalue weighted by molar-refractivity contribution is 7.92. The van der Waals surface area contributed by atoms with Crippen molar-refractivity contribution in [2.75, 3.05) is 16.2 Å². The largest absolute Gasteiger partial charge is 0.312 e. The fourth-order valence-corrected chi connectivity index (χ4v) is 4.43. The van der Waals surface area contributed by atoms with Gasteiger partial charge in [0, 0.05) is 24.8 Å². The molecule has 5 nitrogen and oxygen atoms in total. The van der Waals surface area contributed by atoms with E-state index >= 15 is 0 Å². The van der Waals surface area contributed by atoms with Crippen LogP contribution in [0.5, 0.6) is 0 Å². The summed E-state index contributed by atoms with van der Waals surface area (Å²) in [5, 5.41) is 0. The van der Waals surface area contributed by atoms with Crippen molar-refractivity contribution in [2.24, 2.45) is 0 Å². The second kappa shape index (κ2) is 7.00. The molecule has 2 aromatic rings. The summed E-state index contributed by atoms with van der Waals surface area (Å²) in [5.41, 5.74) is 3.39. The van der Waals surface area contributed by atoms with Crippen LogP contribution in [0.15, 0.2) is 47.4 Å². The Morgan fingerprint density at radius 1 is 1.07 bits per heavy atom. The Morgan fingerprint density at radius 2 is 1.74 bits per heavy atom. The van der Waals surface area contributed by atoms with Gasteiger partial charge >= 0.3 is 0 Å². The lowest BCUT2D eigenvalue weighted by Gasteiger charge is -2.28. The molecule has 1 N–H and O–H groups in total. The summed E-state index contributed by atoms with van der Waals surface area (Å²) in [5.74, 6) is -0.0244. The van der Waals surface area contributed by atoms with Gasteiger partial charge < -0.3 is 4.90 Å². The summed E-state index contributed by atoms with van der Waals surface area (Å²) in [6.45, 7) is 8.55. The van der Waals surface area contributed by atoms with Gasteiger partial charge in [-0.1, -0.05) is 32.9 Å². The maximum Gasteiger partial charge on any atom is 0.261 e. The average Bonchev–Trinajstić information content (AvgIpc) is 2.60. The molecule has 27 heavy (non-hydrogen) atoms. The first-order valence-electron chi connectivity index (χ1n) is 9.12. The van der Waals surface area contributed by atoms with Crippen LogP contribution in [0.3, 0.4) is 0 Å². The molecule has 0 bridgehead atoms. The molecule has 1 heterocycles. The maximum atomic E-state index is 12.8. The predicted molar refractivity (Wildman–Crippen MR) is 109 cm³/mol. The van der Waals surface area contributed by atoms with Crippen molar-refractivity contribution < 1.29 is 13.2 Å². The van der Waals surface area contributed by atoms with E-state index in [-0.39, 0.29) is 16.2 Å².